The van der Waals surface area contributed by atoms with Crippen molar-refractivity contribution < 1.29 is 14.2 Å². The third kappa shape index (κ3) is 4.00. The van der Waals surface area contributed by atoms with Gasteiger partial charge in [-0.05, 0) is 68.3 Å². The van der Waals surface area contributed by atoms with Crippen LogP contribution in [0.2, 0.25) is 0 Å². The smallest absolute Gasteiger partial charge is 0.245 e. The van der Waals surface area contributed by atoms with E-state index in [0.717, 1.165) is 25.9 Å². The Morgan fingerprint density at radius 1 is 1.21 bits per heavy atom. The average Bonchev–Trinajstić information content (AvgIpc) is 3.35. The second kappa shape index (κ2) is 9.04. The van der Waals surface area contributed by atoms with Gasteiger partial charge in [0.2, 0.25) is 5.69 Å². The molecule has 5 nitrogen and oxygen atoms in total. The Bertz CT molecular complexity index is 920. The molecule has 0 spiro atoms. The van der Waals surface area contributed by atoms with E-state index in [1.165, 1.54) is 44.1 Å². The molecule has 1 aliphatic heterocycles. The van der Waals surface area contributed by atoms with Crippen LogP contribution in [0.25, 0.3) is 4.85 Å². The first-order valence-electron chi connectivity index (χ1n) is 12.8. The topological polar surface area (TPSA) is 44.9 Å². The lowest BCUT2D eigenvalue weighted by atomic mass is 9.46. The predicted octanol–water partition coefficient (Wildman–Crippen LogP) is 6.72. The zero-order chi connectivity index (χ0) is 23.1. The van der Waals surface area contributed by atoms with Crippen molar-refractivity contribution in [3.63, 3.8) is 0 Å². The van der Waals surface area contributed by atoms with Crippen LogP contribution in [0, 0.1) is 35.2 Å². The van der Waals surface area contributed by atoms with Crippen molar-refractivity contribution in [2.24, 2.45) is 28.6 Å². The third-order valence-corrected chi connectivity index (χ3v) is 9.50. The number of ether oxygens (including phenoxy) is 3. The van der Waals surface area contributed by atoms with Crippen molar-refractivity contribution in [1.82, 2.24) is 4.98 Å². The monoisotopic (exact) mass is 450 g/mol. The van der Waals surface area contributed by atoms with Crippen molar-refractivity contribution in [2.45, 2.75) is 84.0 Å². The van der Waals surface area contributed by atoms with Gasteiger partial charge in [0.1, 0.15) is 5.75 Å². The quantitative estimate of drug-likeness (QED) is 0.369. The van der Waals surface area contributed by atoms with E-state index in [2.05, 4.69) is 30.3 Å². The second-order valence-electron chi connectivity index (χ2n) is 11.3. The van der Waals surface area contributed by atoms with Crippen LogP contribution >= 0.6 is 0 Å². The highest BCUT2D eigenvalue weighted by molar-refractivity contribution is 5.54. The molecule has 0 radical (unpaired) electrons. The maximum absolute atomic E-state index is 7.34. The van der Waals surface area contributed by atoms with E-state index in [-0.39, 0.29) is 17.1 Å². The maximum atomic E-state index is 7.34. The Labute approximate surface area is 198 Å². The molecular formula is C28H38N2O3. The van der Waals surface area contributed by atoms with Gasteiger partial charge in [0.05, 0.1) is 25.9 Å². The SMILES string of the molecule is [C-]#[N+]c1cnccc1OCC[C@@H]1C(=C)CCC2[C@]3(C)CO[C@@H](C4CCCC4)O[C@@H]3CC[C@]21C. The molecular weight excluding hydrogens is 412 g/mol. The van der Waals surface area contributed by atoms with Gasteiger partial charge in [-0.2, -0.15) is 0 Å². The lowest BCUT2D eigenvalue weighted by Crippen LogP contribution is -2.62. The van der Waals surface area contributed by atoms with E-state index in [9.17, 15) is 0 Å². The summed E-state index contributed by atoms with van der Waals surface area (Å²) >= 11 is 0. The molecule has 178 valence electrons. The van der Waals surface area contributed by atoms with Gasteiger partial charge >= 0.3 is 0 Å². The summed E-state index contributed by atoms with van der Waals surface area (Å²) in [5.74, 6) is 2.20. The van der Waals surface area contributed by atoms with E-state index in [1.54, 1.807) is 18.5 Å². The van der Waals surface area contributed by atoms with Gasteiger partial charge in [0.25, 0.3) is 0 Å². The van der Waals surface area contributed by atoms with Crippen LogP contribution < -0.4 is 4.74 Å². The number of nitrogens with zero attached hydrogens (tertiary/aromatic N) is 2. The van der Waals surface area contributed by atoms with E-state index in [1.807, 2.05) is 0 Å². The molecule has 5 rings (SSSR count). The Morgan fingerprint density at radius 2 is 2.03 bits per heavy atom. The summed E-state index contributed by atoms with van der Waals surface area (Å²) in [4.78, 5) is 7.57. The minimum atomic E-state index is 0.00897. The normalized spacial score (nSPS) is 38.9. The Morgan fingerprint density at radius 3 is 2.82 bits per heavy atom. The molecule has 3 aliphatic carbocycles. The Kier molecular flexibility index (Phi) is 6.27. The summed E-state index contributed by atoms with van der Waals surface area (Å²) in [5, 5.41) is 0. The van der Waals surface area contributed by atoms with Crippen LogP contribution in [0.1, 0.15) is 71.6 Å². The highest BCUT2D eigenvalue weighted by atomic mass is 16.7. The molecule has 0 N–H and O–H groups in total. The lowest BCUT2D eigenvalue weighted by Gasteiger charge is -2.63. The number of allylic oxidation sites excluding steroid dienone is 1. The van der Waals surface area contributed by atoms with E-state index in [4.69, 9.17) is 20.8 Å². The highest BCUT2D eigenvalue weighted by Crippen LogP contribution is 2.63. The van der Waals surface area contributed by atoms with Crippen LogP contribution in [0.3, 0.4) is 0 Å². The minimum Gasteiger partial charge on any atom is -0.504 e. The van der Waals surface area contributed by atoms with Gasteiger partial charge in [-0.25, -0.2) is 4.85 Å². The summed E-state index contributed by atoms with van der Waals surface area (Å²) < 4.78 is 19.2. The minimum absolute atomic E-state index is 0.00897. The fraction of sp³-hybridized carbons (Fsp3) is 0.714. The molecule has 0 aromatic carbocycles. The molecule has 1 unspecified atom stereocenters. The van der Waals surface area contributed by atoms with Crippen LogP contribution in [0.15, 0.2) is 30.6 Å². The largest absolute Gasteiger partial charge is 0.504 e. The molecule has 1 aromatic heterocycles. The van der Waals surface area contributed by atoms with Gasteiger partial charge in [-0.3, -0.25) is 4.98 Å². The van der Waals surface area contributed by atoms with Crippen molar-refractivity contribution in [3.05, 3.63) is 42.0 Å². The fourth-order valence-corrected chi connectivity index (χ4v) is 7.73. The average molecular weight is 451 g/mol. The van der Waals surface area contributed by atoms with Crippen molar-refractivity contribution >= 4 is 5.69 Å². The van der Waals surface area contributed by atoms with Gasteiger partial charge < -0.3 is 14.2 Å². The van der Waals surface area contributed by atoms with Gasteiger partial charge in [0, 0.05) is 23.7 Å². The number of rotatable bonds is 5. The van der Waals surface area contributed by atoms with Crippen LogP contribution in [0.4, 0.5) is 5.69 Å². The van der Waals surface area contributed by atoms with Crippen molar-refractivity contribution in [3.8, 4) is 5.75 Å². The molecule has 1 saturated heterocycles. The standard InChI is InChI=1S/C28H38N2O3/c1-19-9-10-24-27(2,21(19)13-16-31-23-12-15-30-17-22(23)29-4)14-11-25-28(24,3)18-32-26(33-25)20-7-5-6-8-20/h12,15,17,20-21,24-26H,1,5-11,13-14,16,18H2,2-3H3/t21-,24?,25-,26-,27+,28+/m1/s1. The lowest BCUT2D eigenvalue weighted by molar-refractivity contribution is -0.316. The molecule has 3 saturated carbocycles. The Balaban J connectivity index is 1.29. The number of hydrogen-bond acceptors (Lipinski definition) is 4. The van der Waals surface area contributed by atoms with Crippen LogP contribution in [-0.4, -0.2) is 30.6 Å². The third-order valence-electron chi connectivity index (χ3n) is 9.50. The van der Waals surface area contributed by atoms with Crippen LogP contribution in [-0.2, 0) is 9.47 Å². The fourth-order valence-electron chi connectivity index (χ4n) is 7.73. The van der Waals surface area contributed by atoms with Gasteiger partial charge in [-0.1, -0.05) is 38.8 Å². The summed E-state index contributed by atoms with van der Waals surface area (Å²) in [6.45, 7) is 18.2. The number of hydrogen-bond donors (Lipinski definition) is 0. The zero-order valence-electron chi connectivity index (χ0n) is 20.2. The van der Waals surface area contributed by atoms with Gasteiger partial charge in [-0.15, -0.1) is 0 Å². The van der Waals surface area contributed by atoms with Crippen molar-refractivity contribution in [2.75, 3.05) is 13.2 Å². The first-order chi connectivity index (χ1) is 16.0. The molecule has 2 heterocycles. The molecule has 0 amide bonds. The summed E-state index contributed by atoms with van der Waals surface area (Å²) in [6, 6.07) is 1.79. The molecule has 6 atom stereocenters. The molecule has 0 bridgehead atoms. The van der Waals surface area contributed by atoms with Crippen LogP contribution in [0.5, 0.6) is 5.75 Å². The highest BCUT2D eigenvalue weighted by Gasteiger charge is 2.60. The maximum Gasteiger partial charge on any atom is 0.245 e. The van der Waals surface area contributed by atoms with E-state index >= 15 is 0 Å². The molecule has 1 aromatic rings. The number of fused-ring (bicyclic) bond motifs is 3. The number of aromatic nitrogens is 1. The van der Waals surface area contributed by atoms with E-state index < -0.39 is 0 Å². The molecule has 5 heteroatoms. The molecule has 4 aliphatic rings. The summed E-state index contributed by atoms with van der Waals surface area (Å²) in [6.07, 6.45) is 14.2. The Hall–Kier alpha value is -1.90. The van der Waals surface area contributed by atoms with Crippen molar-refractivity contribution in [1.29, 1.82) is 0 Å². The predicted molar refractivity (Wildman–Crippen MR) is 128 cm³/mol. The number of pyridine rings is 1. The van der Waals surface area contributed by atoms with Gasteiger partial charge in [0.15, 0.2) is 6.29 Å². The molecule has 4 fully saturated rings. The summed E-state index contributed by atoms with van der Waals surface area (Å²) in [5.41, 5.74) is 2.08. The first kappa shape index (κ1) is 22.9. The summed E-state index contributed by atoms with van der Waals surface area (Å²) in [7, 11) is 0. The molecule has 33 heavy (non-hydrogen) atoms. The van der Waals surface area contributed by atoms with E-state index in [0.29, 0.717) is 41.9 Å². The first-order valence-corrected chi connectivity index (χ1v) is 12.8. The second-order valence-corrected chi connectivity index (χ2v) is 11.3. The zero-order valence-corrected chi connectivity index (χ0v) is 20.2.